The Bertz CT molecular complexity index is 987. The Labute approximate surface area is 169 Å². The van der Waals surface area contributed by atoms with Crippen molar-refractivity contribution in [2.24, 2.45) is 5.92 Å². The van der Waals surface area contributed by atoms with Crippen LogP contribution in [0.5, 0.6) is 0 Å². The number of H-pyrrole nitrogens is 1. The molecule has 29 heavy (non-hydrogen) atoms. The lowest BCUT2D eigenvalue weighted by Gasteiger charge is -2.35. The van der Waals surface area contributed by atoms with Crippen LogP contribution in [0.4, 0.5) is 4.39 Å². The summed E-state index contributed by atoms with van der Waals surface area (Å²) < 4.78 is 14.7. The van der Waals surface area contributed by atoms with Crippen molar-refractivity contribution in [2.45, 2.75) is 32.5 Å². The van der Waals surface area contributed by atoms with Crippen LogP contribution in [0, 0.1) is 5.92 Å². The van der Waals surface area contributed by atoms with Crippen LogP contribution in [0.15, 0.2) is 42.7 Å². The Balaban J connectivity index is 1.50. The molecule has 2 atom stereocenters. The van der Waals surface area contributed by atoms with Crippen molar-refractivity contribution in [3.05, 3.63) is 48.4 Å². The molecule has 0 spiro atoms. The summed E-state index contributed by atoms with van der Waals surface area (Å²) in [4.78, 5) is 19.1. The number of hydrogen-bond acceptors (Lipinski definition) is 4. The summed E-state index contributed by atoms with van der Waals surface area (Å²) in [6, 6.07) is 9.12. The molecule has 6 nitrogen and oxygen atoms in total. The van der Waals surface area contributed by atoms with Gasteiger partial charge in [0.2, 0.25) is 0 Å². The second kappa shape index (κ2) is 8.29. The van der Waals surface area contributed by atoms with Crippen LogP contribution in [0.2, 0.25) is 0 Å². The number of rotatable bonds is 5. The molecule has 2 N–H and O–H groups in total. The van der Waals surface area contributed by atoms with Crippen LogP contribution < -0.4 is 5.32 Å². The van der Waals surface area contributed by atoms with Gasteiger partial charge in [-0.05, 0) is 36.1 Å². The summed E-state index contributed by atoms with van der Waals surface area (Å²) >= 11 is 0. The molecule has 0 unspecified atom stereocenters. The molecular formula is C22H26FN5O. The van der Waals surface area contributed by atoms with E-state index in [1.165, 1.54) is 0 Å². The van der Waals surface area contributed by atoms with E-state index in [0.29, 0.717) is 24.6 Å². The Kier molecular flexibility index (Phi) is 5.58. The van der Waals surface area contributed by atoms with Gasteiger partial charge in [0, 0.05) is 43.0 Å². The lowest BCUT2D eigenvalue weighted by atomic mass is 10.0. The number of amides is 1. The molecule has 0 saturated carbocycles. The van der Waals surface area contributed by atoms with Crippen molar-refractivity contribution >= 4 is 16.8 Å². The molecule has 1 fully saturated rings. The summed E-state index contributed by atoms with van der Waals surface area (Å²) in [5.41, 5.74) is 2.98. The lowest BCUT2D eigenvalue weighted by molar-refractivity contribution is 0.0748. The molecule has 1 aromatic carbocycles. The summed E-state index contributed by atoms with van der Waals surface area (Å²) in [7, 11) is 0. The number of piperidine rings is 1. The maximum atomic E-state index is 14.7. The number of benzene rings is 1. The van der Waals surface area contributed by atoms with Gasteiger partial charge in [-0.25, -0.2) is 4.39 Å². The van der Waals surface area contributed by atoms with Gasteiger partial charge in [0.1, 0.15) is 6.17 Å². The molecule has 1 amide bonds. The molecule has 0 radical (unpaired) electrons. The fraction of sp³-hybridized carbons (Fsp3) is 0.409. The standard InChI is InChI=1S/C22H26FN5O/c1-14(2)12-28-9-7-20(18(23)13-28)25-22(29)21-17-10-15(5-6-19(17)26-27-21)16-4-3-8-24-11-16/h3-6,8,10-11,14,18,20H,7,9,12-13H2,1-2H3,(H,25,29)(H,26,27)/t18-,20-/m1/s1. The van der Waals surface area contributed by atoms with Gasteiger partial charge in [-0.2, -0.15) is 5.10 Å². The van der Waals surface area contributed by atoms with Crippen LogP contribution in [-0.4, -0.2) is 57.8 Å². The molecule has 0 aliphatic carbocycles. The van der Waals surface area contributed by atoms with Crippen LogP contribution in [0.25, 0.3) is 22.0 Å². The maximum absolute atomic E-state index is 14.7. The van der Waals surface area contributed by atoms with Gasteiger partial charge in [0.15, 0.2) is 5.69 Å². The largest absolute Gasteiger partial charge is 0.345 e. The van der Waals surface area contributed by atoms with Gasteiger partial charge in [0.05, 0.1) is 11.6 Å². The number of fused-ring (bicyclic) bond motifs is 1. The number of nitrogens with zero attached hydrogens (tertiary/aromatic N) is 3. The van der Waals surface area contributed by atoms with Crippen molar-refractivity contribution in [3.63, 3.8) is 0 Å². The second-order valence-electron chi connectivity index (χ2n) is 8.11. The molecule has 2 aromatic heterocycles. The number of alkyl halides is 1. The Morgan fingerprint density at radius 2 is 2.21 bits per heavy atom. The molecular weight excluding hydrogens is 369 g/mol. The number of carbonyl (C=O) groups is 1. The van der Waals surface area contributed by atoms with Gasteiger partial charge < -0.3 is 10.2 Å². The second-order valence-corrected chi connectivity index (χ2v) is 8.11. The fourth-order valence-corrected chi connectivity index (χ4v) is 3.95. The van der Waals surface area contributed by atoms with Crippen molar-refractivity contribution in [2.75, 3.05) is 19.6 Å². The zero-order valence-electron chi connectivity index (χ0n) is 16.7. The minimum atomic E-state index is -1.08. The first-order valence-electron chi connectivity index (χ1n) is 10.1. The number of pyridine rings is 1. The highest BCUT2D eigenvalue weighted by atomic mass is 19.1. The van der Waals surface area contributed by atoms with E-state index in [1.54, 1.807) is 12.4 Å². The van der Waals surface area contributed by atoms with E-state index in [2.05, 4.69) is 39.2 Å². The zero-order chi connectivity index (χ0) is 20.4. The number of halogens is 1. The fourth-order valence-electron chi connectivity index (χ4n) is 3.95. The van der Waals surface area contributed by atoms with Gasteiger partial charge in [-0.3, -0.25) is 14.9 Å². The Hall–Kier alpha value is -2.80. The smallest absolute Gasteiger partial charge is 0.272 e. The van der Waals surface area contributed by atoms with Crippen molar-refractivity contribution in [3.8, 4) is 11.1 Å². The molecule has 1 aliphatic heterocycles. The third kappa shape index (κ3) is 4.29. The lowest BCUT2D eigenvalue weighted by Crippen LogP contribution is -2.53. The number of nitrogens with one attached hydrogen (secondary N) is 2. The average molecular weight is 395 g/mol. The number of aromatic nitrogens is 3. The molecule has 1 saturated heterocycles. The Morgan fingerprint density at radius 3 is 2.93 bits per heavy atom. The van der Waals surface area contributed by atoms with E-state index in [4.69, 9.17) is 0 Å². The molecule has 4 rings (SSSR count). The molecule has 152 valence electrons. The topological polar surface area (TPSA) is 73.9 Å². The third-order valence-corrected chi connectivity index (χ3v) is 5.34. The van der Waals surface area contributed by atoms with Gasteiger partial charge in [-0.15, -0.1) is 0 Å². The highest BCUT2D eigenvalue weighted by Gasteiger charge is 2.31. The van der Waals surface area contributed by atoms with E-state index in [1.807, 2.05) is 30.3 Å². The third-order valence-electron chi connectivity index (χ3n) is 5.34. The first-order chi connectivity index (χ1) is 14.0. The quantitative estimate of drug-likeness (QED) is 0.694. The van der Waals surface area contributed by atoms with Crippen LogP contribution >= 0.6 is 0 Å². The predicted octanol–water partition coefficient (Wildman–Crippen LogP) is 3.42. The number of hydrogen-bond donors (Lipinski definition) is 2. The van der Waals surface area contributed by atoms with Crippen LogP contribution in [0.3, 0.4) is 0 Å². The van der Waals surface area contributed by atoms with E-state index in [9.17, 15) is 9.18 Å². The SMILES string of the molecule is CC(C)CN1CC[C@@H](NC(=O)c2n[nH]c3ccc(-c4cccnc4)cc23)[C@H](F)C1. The highest BCUT2D eigenvalue weighted by Crippen LogP contribution is 2.25. The summed E-state index contributed by atoms with van der Waals surface area (Å²) in [6.45, 7) is 6.28. The monoisotopic (exact) mass is 395 g/mol. The molecule has 3 aromatic rings. The highest BCUT2D eigenvalue weighted by molar-refractivity contribution is 6.05. The van der Waals surface area contributed by atoms with E-state index in [0.717, 1.165) is 35.1 Å². The first-order valence-corrected chi connectivity index (χ1v) is 10.1. The van der Waals surface area contributed by atoms with Crippen molar-refractivity contribution in [1.29, 1.82) is 0 Å². The molecule has 0 bridgehead atoms. The van der Waals surface area contributed by atoms with Gasteiger partial charge in [0.25, 0.3) is 5.91 Å². The van der Waals surface area contributed by atoms with Crippen LogP contribution in [-0.2, 0) is 0 Å². The van der Waals surface area contributed by atoms with E-state index >= 15 is 0 Å². The predicted molar refractivity (Wildman–Crippen MR) is 111 cm³/mol. The summed E-state index contributed by atoms with van der Waals surface area (Å²) in [5.74, 6) is 0.155. The maximum Gasteiger partial charge on any atom is 0.272 e. The van der Waals surface area contributed by atoms with Gasteiger partial charge >= 0.3 is 0 Å². The minimum Gasteiger partial charge on any atom is -0.345 e. The normalized spacial score (nSPS) is 20.3. The summed E-state index contributed by atoms with van der Waals surface area (Å²) in [5, 5.41) is 10.7. The van der Waals surface area contributed by atoms with Crippen molar-refractivity contribution < 1.29 is 9.18 Å². The molecule has 1 aliphatic rings. The zero-order valence-corrected chi connectivity index (χ0v) is 16.7. The first kappa shape index (κ1) is 19.5. The molecule has 7 heteroatoms. The van der Waals surface area contributed by atoms with E-state index < -0.39 is 12.2 Å². The number of aromatic amines is 1. The number of likely N-dealkylation sites (tertiary alicyclic amines) is 1. The molecule has 3 heterocycles. The van der Waals surface area contributed by atoms with Crippen LogP contribution in [0.1, 0.15) is 30.8 Å². The van der Waals surface area contributed by atoms with Gasteiger partial charge in [-0.1, -0.05) is 26.0 Å². The summed E-state index contributed by atoms with van der Waals surface area (Å²) in [6.07, 6.45) is 3.02. The number of carbonyl (C=O) groups excluding carboxylic acids is 1. The van der Waals surface area contributed by atoms with E-state index in [-0.39, 0.29) is 5.91 Å². The minimum absolute atomic E-state index is 0.294. The average Bonchev–Trinajstić information content (AvgIpc) is 3.13. The van der Waals surface area contributed by atoms with Crippen molar-refractivity contribution in [1.82, 2.24) is 25.4 Å². The Morgan fingerprint density at radius 1 is 1.34 bits per heavy atom.